The van der Waals surface area contributed by atoms with E-state index in [0.29, 0.717) is 13.2 Å². The second kappa shape index (κ2) is 23.0. The average molecular weight is 410 g/mol. The fraction of sp³-hybridized carbons (Fsp3) is 0.857. The molecule has 0 aliphatic heterocycles. The number of unbranched alkanes of at least 4 members (excludes halogenated alkanes) is 6. The van der Waals surface area contributed by atoms with E-state index in [4.69, 9.17) is 9.47 Å². The third kappa shape index (κ3) is 33.5. The molecule has 0 fully saturated rings. The Morgan fingerprint density at radius 1 is 0.714 bits per heavy atom. The van der Waals surface area contributed by atoms with E-state index in [0.717, 1.165) is 12.8 Å². The van der Waals surface area contributed by atoms with Crippen LogP contribution in [0, 0.1) is 0 Å². The summed E-state index contributed by atoms with van der Waals surface area (Å²) in [5.74, 6) is 0. The number of hydrogen-bond donors (Lipinski definition) is 0. The Morgan fingerprint density at radius 3 is 1.29 bits per heavy atom. The monoisotopic (exact) mass is 410 g/mol. The quantitative estimate of drug-likeness (QED) is 0.221. The molecule has 0 atom stereocenters. The second-order valence-corrected chi connectivity index (χ2v) is 6.32. The zero-order valence-corrected chi connectivity index (χ0v) is 17.2. The first kappa shape index (κ1) is 26.6. The molecule has 0 unspecified atom stereocenters. The molecule has 0 rings (SSSR count). The molecule has 126 valence electrons. The van der Waals surface area contributed by atoms with E-state index in [1.54, 1.807) is 0 Å². The summed E-state index contributed by atoms with van der Waals surface area (Å²) in [5.41, 5.74) is 0. The number of hydrogen-bond acceptors (Lipinski definition) is 6. The average Bonchev–Trinajstić information content (AvgIpc) is 2.38. The first-order valence-corrected chi connectivity index (χ1v) is 8.85. The Morgan fingerprint density at radius 2 is 1.05 bits per heavy atom. The summed E-state index contributed by atoms with van der Waals surface area (Å²) in [4.78, 5) is 0. The van der Waals surface area contributed by atoms with E-state index in [1.807, 2.05) is 0 Å². The molecule has 0 N–H and O–H groups in total. The predicted octanol–water partition coefficient (Wildman–Crippen LogP) is 4.83. The summed E-state index contributed by atoms with van der Waals surface area (Å²) in [6, 6.07) is 0. The van der Waals surface area contributed by atoms with Crippen LogP contribution in [-0.2, 0) is 51.8 Å². The Balaban J connectivity index is -0.000000295. The maximum atomic E-state index is 4.93. The minimum absolute atomic E-state index is 0. The van der Waals surface area contributed by atoms with Gasteiger partial charge in [0.15, 0.2) is 0 Å². The smallest absolute Gasteiger partial charge is 0.514 e. The van der Waals surface area contributed by atoms with Crippen LogP contribution in [0.5, 0.6) is 0 Å². The maximum Gasteiger partial charge on any atom is 2.00 e. The SMILES string of the molecule is CCCCCCOC(=S)[S-].CCCCCCOC(=S)[S-].[Fe+2]. The van der Waals surface area contributed by atoms with E-state index in [1.165, 1.54) is 38.5 Å². The topological polar surface area (TPSA) is 18.5 Å². The van der Waals surface area contributed by atoms with Crippen LogP contribution in [0.15, 0.2) is 0 Å². The zero-order valence-electron chi connectivity index (χ0n) is 12.9. The van der Waals surface area contributed by atoms with Gasteiger partial charge in [0.2, 0.25) is 0 Å². The molecule has 7 heteroatoms. The molecule has 2 nitrogen and oxygen atoms in total. The summed E-state index contributed by atoms with van der Waals surface area (Å²) in [6.45, 7) is 5.75. The van der Waals surface area contributed by atoms with Crippen molar-refractivity contribution in [2.75, 3.05) is 13.2 Å². The molecule has 21 heavy (non-hydrogen) atoms. The molecule has 0 bridgehead atoms. The normalized spacial score (nSPS) is 8.86. The summed E-state index contributed by atoms with van der Waals surface area (Å²) in [6.07, 6.45) is 9.62. The predicted molar refractivity (Wildman–Crippen MR) is 100 cm³/mol. The van der Waals surface area contributed by atoms with Gasteiger partial charge >= 0.3 is 17.1 Å². The van der Waals surface area contributed by atoms with Crippen molar-refractivity contribution >= 4 is 58.5 Å². The van der Waals surface area contributed by atoms with Crippen molar-refractivity contribution < 1.29 is 26.5 Å². The minimum Gasteiger partial charge on any atom is -0.514 e. The van der Waals surface area contributed by atoms with E-state index in [2.05, 4.69) is 63.5 Å². The molecule has 0 saturated heterocycles. The van der Waals surface area contributed by atoms with Gasteiger partial charge in [0.1, 0.15) is 0 Å². The standard InChI is InChI=1S/2C7H14OS2.Fe/c2*1-2-3-4-5-6-8-7(9)10;/h2*2-6H2,1H3,(H,9,10);/q;;+2/p-2. The van der Waals surface area contributed by atoms with Crippen molar-refractivity contribution in [3.05, 3.63) is 0 Å². The first-order valence-electron chi connectivity index (χ1n) is 7.22. The second-order valence-electron chi connectivity index (χ2n) is 4.32. The van der Waals surface area contributed by atoms with Gasteiger partial charge in [-0.2, -0.15) is 0 Å². The molecular weight excluding hydrogens is 384 g/mol. The zero-order chi connectivity index (χ0) is 15.6. The van der Waals surface area contributed by atoms with Crippen LogP contribution in [0.2, 0.25) is 0 Å². The Bertz CT molecular complexity index is 217. The molecule has 0 aliphatic rings. The van der Waals surface area contributed by atoms with Crippen LogP contribution in [0.1, 0.15) is 65.2 Å². The van der Waals surface area contributed by atoms with Crippen molar-refractivity contribution in [3.63, 3.8) is 0 Å². The van der Waals surface area contributed by atoms with Crippen LogP contribution in [0.4, 0.5) is 0 Å². The molecule has 0 saturated carbocycles. The van der Waals surface area contributed by atoms with Crippen molar-refractivity contribution in [1.82, 2.24) is 0 Å². The van der Waals surface area contributed by atoms with Gasteiger partial charge in [0.25, 0.3) is 0 Å². The maximum absolute atomic E-state index is 4.93. The Kier molecular flexibility index (Phi) is 29.2. The fourth-order valence-corrected chi connectivity index (χ4v) is 1.70. The van der Waals surface area contributed by atoms with E-state index < -0.39 is 0 Å². The summed E-state index contributed by atoms with van der Waals surface area (Å²) in [5, 5.41) is 0. The van der Waals surface area contributed by atoms with E-state index in [9.17, 15) is 0 Å². The summed E-state index contributed by atoms with van der Waals surface area (Å²) >= 11 is 18.3. The van der Waals surface area contributed by atoms with E-state index in [-0.39, 0.29) is 25.8 Å². The molecular formula is C14H26FeO2S4. The van der Waals surface area contributed by atoms with Gasteiger partial charge < -0.3 is 59.2 Å². The molecule has 0 aromatic carbocycles. The van der Waals surface area contributed by atoms with Crippen molar-refractivity contribution in [3.8, 4) is 0 Å². The van der Waals surface area contributed by atoms with Crippen molar-refractivity contribution in [2.24, 2.45) is 0 Å². The van der Waals surface area contributed by atoms with Crippen molar-refractivity contribution in [1.29, 1.82) is 0 Å². The molecule has 0 spiro atoms. The molecule has 0 radical (unpaired) electrons. The summed E-state index contributed by atoms with van der Waals surface area (Å²) in [7, 11) is 0. The Hall–Kier alpha value is 0.739. The third-order valence-electron chi connectivity index (χ3n) is 2.44. The van der Waals surface area contributed by atoms with Gasteiger partial charge in [-0.25, -0.2) is 0 Å². The molecule has 0 aromatic rings. The molecule has 0 heterocycles. The van der Waals surface area contributed by atoms with Crippen LogP contribution in [0.3, 0.4) is 0 Å². The molecule has 0 amide bonds. The summed E-state index contributed by atoms with van der Waals surface area (Å²) < 4.78 is 10.4. The third-order valence-corrected chi connectivity index (χ3v) is 2.91. The number of thiocarbonyl (C=S) groups is 2. The van der Waals surface area contributed by atoms with Gasteiger partial charge in [-0.1, -0.05) is 52.4 Å². The fourth-order valence-electron chi connectivity index (χ4n) is 1.37. The van der Waals surface area contributed by atoms with Gasteiger partial charge in [-0.3, -0.25) is 0 Å². The number of ether oxygens (including phenoxy) is 2. The van der Waals surface area contributed by atoms with Crippen molar-refractivity contribution in [2.45, 2.75) is 65.2 Å². The Labute approximate surface area is 162 Å². The van der Waals surface area contributed by atoms with Gasteiger partial charge in [-0.05, 0) is 12.8 Å². The van der Waals surface area contributed by atoms with Crippen LogP contribution >= 0.6 is 24.4 Å². The number of rotatable bonds is 10. The van der Waals surface area contributed by atoms with Crippen LogP contribution < -0.4 is 0 Å². The van der Waals surface area contributed by atoms with Gasteiger partial charge in [0, 0.05) is 8.77 Å². The minimum atomic E-state index is 0. The largest absolute Gasteiger partial charge is 2.00 e. The van der Waals surface area contributed by atoms with Crippen LogP contribution in [0.25, 0.3) is 0 Å². The molecule has 0 aromatic heterocycles. The first-order chi connectivity index (χ1) is 9.54. The van der Waals surface area contributed by atoms with Gasteiger partial charge in [0.05, 0.1) is 13.2 Å². The van der Waals surface area contributed by atoms with Crippen LogP contribution in [-0.4, -0.2) is 22.0 Å². The molecule has 0 aliphatic carbocycles. The van der Waals surface area contributed by atoms with E-state index >= 15 is 0 Å². The van der Waals surface area contributed by atoms with Gasteiger partial charge in [-0.15, -0.1) is 0 Å².